The molecule has 0 aliphatic rings. The molecular formula is C15H20N4O. The van der Waals surface area contributed by atoms with Crippen molar-refractivity contribution >= 4 is 5.91 Å². The highest BCUT2D eigenvalue weighted by atomic mass is 16.1. The third kappa shape index (κ3) is 4.20. The molecule has 0 aliphatic heterocycles. The van der Waals surface area contributed by atoms with E-state index in [2.05, 4.69) is 10.4 Å². The Labute approximate surface area is 118 Å². The number of hydrogen-bond acceptors (Lipinski definition) is 3. The zero-order valence-electron chi connectivity index (χ0n) is 11.8. The number of carbonyl (C=O) groups excluding carboxylic acids is 1. The van der Waals surface area contributed by atoms with Crippen molar-refractivity contribution in [3.63, 3.8) is 0 Å². The van der Waals surface area contributed by atoms with Crippen molar-refractivity contribution in [2.24, 2.45) is 5.73 Å². The molecule has 3 N–H and O–H groups in total. The van der Waals surface area contributed by atoms with Crippen LogP contribution in [-0.2, 0) is 11.2 Å². The Bertz CT molecular complexity index is 553. The van der Waals surface area contributed by atoms with E-state index in [0.29, 0.717) is 13.0 Å². The molecule has 5 heteroatoms. The van der Waals surface area contributed by atoms with Crippen LogP contribution in [-0.4, -0.2) is 27.8 Å². The topological polar surface area (TPSA) is 72.9 Å². The van der Waals surface area contributed by atoms with E-state index >= 15 is 0 Å². The number of amides is 1. The SMILES string of the molecule is CC(C)(N)CNC(=O)Cc1ccc(-n2cccn2)cc1. The van der Waals surface area contributed by atoms with Gasteiger partial charge in [0.15, 0.2) is 0 Å². The van der Waals surface area contributed by atoms with Gasteiger partial charge in [0.25, 0.3) is 0 Å². The fourth-order valence-electron chi connectivity index (χ4n) is 1.76. The van der Waals surface area contributed by atoms with Crippen LogP contribution in [0.1, 0.15) is 19.4 Å². The van der Waals surface area contributed by atoms with Gasteiger partial charge in [-0.15, -0.1) is 0 Å². The lowest BCUT2D eigenvalue weighted by Crippen LogP contribution is -2.45. The summed E-state index contributed by atoms with van der Waals surface area (Å²) in [6, 6.07) is 9.63. The van der Waals surface area contributed by atoms with Gasteiger partial charge in [-0.1, -0.05) is 12.1 Å². The van der Waals surface area contributed by atoms with Crippen LogP contribution in [0.25, 0.3) is 5.69 Å². The number of rotatable bonds is 5. The minimum Gasteiger partial charge on any atom is -0.354 e. The lowest BCUT2D eigenvalue weighted by molar-refractivity contribution is -0.120. The first-order valence-corrected chi connectivity index (χ1v) is 6.59. The van der Waals surface area contributed by atoms with Gasteiger partial charge in [0.2, 0.25) is 5.91 Å². The molecule has 0 unspecified atom stereocenters. The zero-order valence-corrected chi connectivity index (χ0v) is 11.8. The number of nitrogens with one attached hydrogen (secondary N) is 1. The van der Waals surface area contributed by atoms with E-state index in [-0.39, 0.29) is 11.4 Å². The number of carbonyl (C=O) groups is 1. The average Bonchev–Trinajstić information content (AvgIpc) is 2.90. The first-order valence-electron chi connectivity index (χ1n) is 6.59. The number of benzene rings is 1. The van der Waals surface area contributed by atoms with Crippen molar-refractivity contribution in [3.05, 3.63) is 48.3 Å². The smallest absolute Gasteiger partial charge is 0.224 e. The predicted octanol–water partition coefficient (Wildman–Crippen LogP) is 1.27. The molecule has 0 fully saturated rings. The van der Waals surface area contributed by atoms with Gasteiger partial charge in [0.05, 0.1) is 12.1 Å². The van der Waals surface area contributed by atoms with Gasteiger partial charge in [-0.2, -0.15) is 5.10 Å². The molecule has 1 amide bonds. The summed E-state index contributed by atoms with van der Waals surface area (Å²) in [4.78, 5) is 11.8. The van der Waals surface area contributed by atoms with Gasteiger partial charge in [0, 0.05) is 24.5 Å². The van der Waals surface area contributed by atoms with Crippen LogP contribution in [0, 0.1) is 0 Å². The molecule has 106 valence electrons. The second-order valence-corrected chi connectivity index (χ2v) is 5.56. The maximum absolute atomic E-state index is 11.8. The largest absolute Gasteiger partial charge is 0.354 e. The first kappa shape index (κ1) is 14.3. The number of aromatic nitrogens is 2. The third-order valence-electron chi connectivity index (χ3n) is 2.81. The van der Waals surface area contributed by atoms with Crippen LogP contribution in [0.15, 0.2) is 42.7 Å². The van der Waals surface area contributed by atoms with Crippen LogP contribution >= 0.6 is 0 Å². The predicted molar refractivity (Wildman–Crippen MR) is 78.5 cm³/mol. The van der Waals surface area contributed by atoms with Crippen molar-refractivity contribution < 1.29 is 4.79 Å². The Kier molecular flexibility index (Phi) is 4.20. The van der Waals surface area contributed by atoms with Crippen molar-refractivity contribution in [2.45, 2.75) is 25.8 Å². The normalized spacial score (nSPS) is 11.3. The highest BCUT2D eigenvalue weighted by Crippen LogP contribution is 2.09. The summed E-state index contributed by atoms with van der Waals surface area (Å²) in [5.41, 5.74) is 7.38. The van der Waals surface area contributed by atoms with Crippen molar-refractivity contribution in [1.82, 2.24) is 15.1 Å². The molecule has 1 heterocycles. The Balaban J connectivity index is 1.92. The molecule has 0 radical (unpaired) electrons. The summed E-state index contributed by atoms with van der Waals surface area (Å²) in [6.07, 6.45) is 3.97. The van der Waals surface area contributed by atoms with Crippen molar-refractivity contribution in [3.8, 4) is 5.69 Å². The highest BCUT2D eigenvalue weighted by molar-refractivity contribution is 5.78. The van der Waals surface area contributed by atoms with Crippen LogP contribution in [0.5, 0.6) is 0 Å². The second-order valence-electron chi connectivity index (χ2n) is 5.56. The molecule has 2 aromatic rings. The van der Waals surface area contributed by atoms with E-state index in [1.807, 2.05) is 50.4 Å². The van der Waals surface area contributed by atoms with Crippen LogP contribution in [0.2, 0.25) is 0 Å². The van der Waals surface area contributed by atoms with E-state index < -0.39 is 0 Å². The Morgan fingerprint density at radius 1 is 1.35 bits per heavy atom. The molecule has 20 heavy (non-hydrogen) atoms. The van der Waals surface area contributed by atoms with E-state index in [1.165, 1.54) is 0 Å². The molecule has 0 spiro atoms. The molecular weight excluding hydrogens is 252 g/mol. The number of nitrogens with two attached hydrogens (primary N) is 1. The second kappa shape index (κ2) is 5.88. The molecule has 0 atom stereocenters. The van der Waals surface area contributed by atoms with E-state index in [0.717, 1.165) is 11.3 Å². The lowest BCUT2D eigenvalue weighted by Gasteiger charge is -2.18. The van der Waals surface area contributed by atoms with Crippen LogP contribution in [0.3, 0.4) is 0 Å². The first-order chi connectivity index (χ1) is 9.44. The summed E-state index contributed by atoms with van der Waals surface area (Å²) in [5, 5.41) is 6.99. The summed E-state index contributed by atoms with van der Waals surface area (Å²) in [6.45, 7) is 4.23. The quantitative estimate of drug-likeness (QED) is 0.861. The number of hydrogen-bond donors (Lipinski definition) is 2. The van der Waals surface area contributed by atoms with Gasteiger partial charge in [-0.05, 0) is 37.6 Å². The van der Waals surface area contributed by atoms with E-state index in [9.17, 15) is 4.79 Å². The molecule has 5 nitrogen and oxygen atoms in total. The monoisotopic (exact) mass is 272 g/mol. The van der Waals surface area contributed by atoms with Gasteiger partial charge >= 0.3 is 0 Å². The Hall–Kier alpha value is -2.14. The molecule has 0 saturated heterocycles. The molecule has 2 rings (SSSR count). The van der Waals surface area contributed by atoms with Crippen molar-refractivity contribution in [2.75, 3.05) is 6.54 Å². The third-order valence-corrected chi connectivity index (χ3v) is 2.81. The fraction of sp³-hybridized carbons (Fsp3) is 0.333. The maximum Gasteiger partial charge on any atom is 0.224 e. The Morgan fingerprint density at radius 3 is 2.60 bits per heavy atom. The minimum absolute atomic E-state index is 0.0182. The summed E-state index contributed by atoms with van der Waals surface area (Å²) in [7, 11) is 0. The zero-order chi connectivity index (χ0) is 14.6. The highest BCUT2D eigenvalue weighted by Gasteiger charge is 2.12. The molecule has 0 bridgehead atoms. The molecule has 1 aromatic heterocycles. The molecule has 1 aromatic carbocycles. The van der Waals surface area contributed by atoms with Crippen molar-refractivity contribution in [1.29, 1.82) is 0 Å². The Morgan fingerprint density at radius 2 is 2.05 bits per heavy atom. The molecule has 0 saturated carbocycles. The standard InChI is InChI=1S/C15H20N4O/c1-15(2,16)11-17-14(20)10-12-4-6-13(7-5-12)19-9-3-8-18-19/h3-9H,10-11,16H2,1-2H3,(H,17,20). The van der Waals surface area contributed by atoms with Crippen LogP contribution in [0.4, 0.5) is 0 Å². The van der Waals surface area contributed by atoms with Gasteiger partial charge < -0.3 is 11.1 Å². The average molecular weight is 272 g/mol. The van der Waals surface area contributed by atoms with Crippen LogP contribution < -0.4 is 11.1 Å². The summed E-state index contributed by atoms with van der Waals surface area (Å²) >= 11 is 0. The fourth-order valence-corrected chi connectivity index (χ4v) is 1.76. The molecule has 0 aliphatic carbocycles. The minimum atomic E-state index is -0.389. The summed E-state index contributed by atoms with van der Waals surface area (Å²) < 4.78 is 1.78. The van der Waals surface area contributed by atoms with Gasteiger partial charge in [0.1, 0.15) is 0 Å². The lowest BCUT2D eigenvalue weighted by atomic mass is 10.1. The summed E-state index contributed by atoms with van der Waals surface area (Å²) in [5.74, 6) is -0.0182. The van der Waals surface area contributed by atoms with Gasteiger partial charge in [-0.25, -0.2) is 4.68 Å². The van der Waals surface area contributed by atoms with E-state index in [1.54, 1.807) is 10.9 Å². The number of nitrogens with zero attached hydrogens (tertiary/aromatic N) is 2. The van der Waals surface area contributed by atoms with E-state index in [4.69, 9.17) is 5.73 Å². The van der Waals surface area contributed by atoms with Gasteiger partial charge in [-0.3, -0.25) is 4.79 Å². The maximum atomic E-state index is 11.8.